The normalized spacial score (nSPS) is 12.8. The molecule has 0 aliphatic carbocycles. The molecule has 0 bridgehead atoms. The summed E-state index contributed by atoms with van der Waals surface area (Å²) in [5, 5.41) is 15.7. The minimum Gasteiger partial charge on any atom is -0.309 e. The van der Waals surface area contributed by atoms with Crippen LogP contribution in [0.5, 0.6) is 0 Å². The molecule has 0 aromatic carbocycles. The topological polar surface area (TPSA) is 68.5 Å². The molecule has 7 heteroatoms. The Morgan fingerprint density at radius 2 is 2.33 bits per heavy atom. The number of aromatic nitrogens is 5. The lowest BCUT2D eigenvalue weighted by Crippen LogP contribution is -2.24. The van der Waals surface area contributed by atoms with Crippen LogP contribution >= 0.6 is 11.3 Å². The lowest BCUT2D eigenvalue weighted by molar-refractivity contribution is 0.521. The second kappa shape index (κ2) is 6.01. The van der Waals surface area contributed by atoms with E-state index in [1.807, 2.05) is 12.4 Å². The number of rotatable bonds is 6. The van der Waals surface area contributed by atoms with E-state index in [4.69, 9.17) is 0 Å². The summed E-state index contributed by atoms with van der Waals surface area (Å²) in [5.41, 5.74) is 2.97. The van der Waals surface area contributed by atoms with Gasteiger partial charge in [-0.3, -0.25) is 0 Å². The Kier molecular flexibility index (Phi) is 4.38. The van der Waals surface area contributed by atoms with E-state index in [2.05, 4.69) is 32.6 Å². The number of thiazole rings is 1. The largest absolute Gasteiger partial charge is 0.309 e. The molecule has 0 saturated carbocycles. The van der Waals surface area contributed by atoms with Gasteiger partial charge in [0.15, 0.2) is 5.82 Å². The van der Waals surface area contributed by atoms with Gasteiger partial charge in [0.2, 0.25) is 0 Å². The van der Waals surface area contributed by atoms with Crippen molar-refractivity contribution in [2.75, 3.05) is 6.54 Å². The number of aryl methyl sites for hydroxylation is 2. The fourth-order valence-corrected chi connectivity index (χ4v) is 2.69. The van der Waals surface area contributed by atoms with E-state index < -0.39 is 0 Å². The molecule has 0 saturated heterocycles. The fourth-order valence-electron chi connectivity index (χ4n) is 1.81. The van der Waals surface area contributed by atoms with E-state index in [0.717, 1.165) is 30.9 Å². The summed E-state index contributed by atoms with van der Waals surface area (Å²) in [6.07, 6.45) is 1.85. The molecule has 2 heterocycles. The maximum absolute atomic E-state index is 4.31. The van der Waals surface area contributed by atoms with Crippen LogP contribution in [-0.4, -0.2) is 31.7 Å². The average molecular weight is 266 g/mol. The molecule has 2 aromatic rings. The van der Waals surface area contributed by atoms with Crippen LogP contribution in [0.4, 0.5) is 0 Å². The first-order valence-corrected chi connectivity index (χ1v) is 6.95. The molecular formula is C11H18N6S. The zero-order valence-electron chi connectivity index (χ0n) is 10.9. The van der Waals surface area contributed by atoms with E-state index in [1.165, 1.54) is 9.67 Å². The number of nitrogens with one attached hydrogen (secondary N) is 1. The van der Waals surface area contributed by atoms with Gasteiger partial charge in [-0.15, -0.1) is 21.5 Å². The summed E-state index contributed by atoms with van der Waals surface area (Å²) >= 11 is 1.68. The van der Waals surface area contributed by atoms with Crippen LogP contribution in [0.15, 0.2) is 5.51 Å². The average Bonchev–Trinajstić information content (AvgIpc) is 2.93. The van der Waals surface area contributed by atoms with Gasteiger partial charge in [-0.2, -0.15) is 4.80 Å². The first kappa shape index (κ1) is 13.1. The minimum atomic E-state index is 0.224. The number of nitrogens with zero attached hydrogens (tertiary/aromatic N) is 5. The van der Waals surface area contributed by atoms with Crippen molar-refractivity contribution in [2.45, 2.75) is 32.7 Å². The predicted octanol–water partition coefficient (Wildman–Crippen LogP) is 1.26. The summed E-state index contributed by atoms with van der Waals surface area (Å²) in [6, 6.07) is 0.224. The molecule has 1 unspecified atom stereocenters. The Labute approximate surface area is 110 Å². The van der Waals surface area contributed by atoms with Gasteiger partial charge in [0, 0.05) is 11.3 Å². The van der Waals surface area contributed by atoms with Gasteiger partial charge >= 0.3 is 0 Å². The third-order valence-electron chi connectivity index (χ3n) is 2.68. The highest BCUT2D eigenvalue weighted by Crippen LogP contribution is 2.24. The molecule has 2 rings (SSSR count). The van der Waals surface area contributed by atoms with Crippen LogP contribution in [0.3, 0.4) is 0 Å². The smallest absolute Gasteiger partial charge is 0.176 e. The lowest BCUT2D eigenvalue weighted by atomic mass is 10.1. The van der Waals surface area contributed by atoms with E-state index >= 15 is 0 Å². The molecule has 18 heavy (non-hydrogen) atoms. The third-order valence-corrected chi connectivity index (χ3v) is 3.72. The predicted molar refractivity (Wildman–Crippen MR) is 70.4 cm³/mol. The molecule has 0 radical (unpaired) electrons. The van der Waals surface area contributed by atoms with E-state index in [1.54, 1.807) is 18.4 Å². The molecule has 1 N–H and O–H groups in total. The molecule has 0 fully saturated rings. The fraction of sp³-hybridized carbons (Fsp3) is 0.636. The molecule has 2 aromatic heterocycles. The monoisotopic (exact) mass is 266 g/mol. The van der Waals surface area contributed by atoms with Crippen molar-refractivity contribution in [2.24, 2.45) is 7.05 Å². The standard InChI is InChI=1S/C11H18N6S/c1-4-5-12-9(11-8(2)13-7-18-11)6-10-14-16-17(3)15-10/h7,9,12H,4-6H2,1-3H3. The molecular weight excluding hydrogens is 248 g/mol. The van der Waals surface area contributed by atoms with Crippen LogP contribution in [0.25, 0.3) is 0 Å². The minimum absolute atomic E-state index is 0.224. The van der Waals surface area contributed by atoms with Crippen molar-refractivity contribution in [1.82, 2.24) is 30.5 Å². The summed E-state index contributed by atoms with van der Waals surface area (Å²) < 4.78 is 0. The second-order valence-electron chi connectivity index (χ2n) is 4.21. The third kappa shape index (κ3) is 3.11. The van der Waals surface area contributed by atoms with Crippen molar-refractivity contribution >= 4 is 11.3 Å². The van der Waals surface area contributed by atoms with Crippen molar-refractivity contribution in [1.29, 1.82) is 0 Å². The van der Waals surface area contributed by atoms with Crippen molar-refractivity contribution in [3.63, 3.8) is 0 Å². The summed E-state index contributed by atoms with van der Waals surface area (Å²) in [7, 11) is 1.78. The summed E-state index contributed by atoms with van der Waals surface area (Å²) in [6.45, 7) is 5.17. The molecule has 0 aliphatic rings. The maximum Gasteiger partial charge on any atom is 0.176 e. The first-order valence-electron chi connectivity index (χ1n) is 6.07. The molecule has 0 amide bonds. The van der Waals surface area contributed by atoms with Gasteiger partial charge < -0.3 is 5.32 Å². The first-order chi connectivity index (χ1) is 8.70. The maximum atomic E-state index is 4.31. The van der Waals surface area contributed by atoms with Gasteiger partial charge in [0.1, 0.15) is 0 Å². The Morgan fingerprint density at radius 1 is 1.50 bits per heavy atom. The highest BCUT2D eigenvalue weighted by molar-refractivity contribution is 7.09. The van der Waals surface area contributed by atoms with Crippen molar-refractivity contribution in [3.8, 4) is 0 Å². The number of hydrogen-bond donors (Lipinski definition) is 1. The highest BCUT2D eigenvalue weighted by Gasteiger charge is 2.18. The highest BCUT2D eigenvalue weighted by atomic mass is 32.1. The molecule has 0 aliphatic heterocycles. The number of tetrazole rings is 1. The van der Waals surface area contributed by atoms with E-state index in [9.17, 15) is 0 Å². The Balaban J connectivity index is 2.12. The van der Waals surface area contributed by atoms with Crippen LogP contribution in [0.1, 0.15) is 35.8 Å². The Hall–Kier alpha value is -1.34. The summed E-state index contributed by atoms with van der Waals surface area (Å²) in [4.78, 5) is 7.06. The molecule has 1 atom stereocenters. The van der Waals surface area contributed by atoms with Crippen LogP contribution in [0, 0.1) is 6.92 Å². The Bertz CT molecular complexity index is 491. The van der Waals surface area contributed by atoms with E-state index in [-0.39, 0.29) is 6.04 Å². The lowest BCUT2D eigenvalue weighted by Gasteiger charge is -2.15. The number of hydrogen-bond acceptors (Lipinski definition) is 6. The van der Waals surface area contributed by atoms with Crippen LogP contribution < -0.4 is 5.32 Å². The zero-order valence-corrected chi connectivity index (χ0v) is 11.7. The van der Waals surface area contributed by atoms with Gasteiger partial charge in [0.25, 0.3) is 0 Å². The van der Waals surface area contributed by atoms with Gasteiger partial charge in [0.05, 0.1) is 24.3 Å². The SMILES string of the molecule is CCCNC(Cc1nnn(C)n1)c1scnc1C. The zero-order chi connectivity index (χ0) is 13.0. The van der Waals surface area contributed by atoms with Gasteiger partial charge in [-0.1, -0.05) is 6.92 Å². The molecule has 98 valence electrons. The molecule has 6 nitrogen and oxygen atoms in total. The van der Waals surface area contributed by atoms with Gasteiger partial charge in [-0.05, 0) is 25.1 Å². The molecule has 0 spiro atoms. The quantitative estimate of drug-likeness (QED) is 0.852. The van der Waals surface area contributed by atoms with Crippen molar-refractivity contribution in [3.05, 3.63) is 21.9 Å². The van der Waals surface area contributed by atoms with Crippen LogP contribution in [-0.2, 0) is 13.5 Å². The Morgan fingerprint density at radius 3 is 2.89 bits per heavy atom. The van der Waals surface area contributed by atoms with Crippen LogP contribution in [0.2, 0.25) is 0 Å². The van der Waals surface area contributed by atoms with E-state index in [0.29, 0.717) is 0 Å². The van der Waals surface area contributed by atoms with Crippen molar-refractivity contribution < 1.29 is 0 Å². The summed E-state index contributed by atoms with van der Waals surface area (Å²) in [5.74, 6) is 0.763. The second-order valence-corrected chi connectivity index (χ2v) is 5.09. The van der Waals surface area contributed by atoms with Gasteiger partial charge in [-0.25, -0.2) is 4.98 Å².